The van der Waals surface area contributed by atoms with Crippen LogP contribution in [-0.2, 0) is 20.7 Å². The zero-order valence-corrected chi connectivity index (χ0v) is 13.0. The average Bonchev–Trinajstić information content (AvgIpc) is 2.96. The second-order valence-electron chi connectivity index (χ2n) is 4.66. The van der Waals surface area contributed by atoms with Crippen molar-refractivity contribution >= 4 is 28.2 Å². The van der Waals surface area contributed by atoms with Crippen LogP contribution in [0.2, 0.25) is 0 Å². The number of nitrogens with one attached hydrogen (secondary N) is 1. The Hall–Kier alpha value is -2.72. The molecule has 0 saturated heterocycles. The molecule has 0 aliphatic rings. The lowest BCUT2D eigenvalue weighted by Gasteiger charge is -2.13. The molecule has 2 aromatic rings. The van der Waals surface area contributed by atoms with Gasteiger partial charge in [-0.15, -0.1) is 11.3 Å². The molecule has 7 heteroatoms. The summed E-state index contributed by atoms with van der Waals surface area (Å²) >= 11 is 1.20. The van der Waals surface area contributed by atoms with Crippen molar-refractivity contribution in [2.24, 2.45) is 0 Å². The van der Waals surface area contributed by atoms with E-state index in [2.05, 4.69) is 5.32 Å². The van der Waals surface area contributed by atoms with Gasteiger partial charge in [-0.3, -0.25) is 9.59 Å². The van der Waals surface area contributed by atoms with Crippen molar-refractivity contribution < 1.29 is 18.7 Å². The number of ether oxygens (including phenoxy) is 1. The molecule has 1 heterocycles. The molecule has 118 valence electrons. The summed E-state index contributed by atoms with van der Waals surface area (Å²) in [6, 6.07) is 9.39. The number of esters is 1. The summed E-state index contributed by atoms with van der Waals surface area (Å²) in [4.78, 5) is 23.8. The van der Waals surface area contributed by atoms with Crippen LogP contribution in [0, 0.1) is 17.1 Å². The second-order valence-corrected chi connectivity index (χ2v) is 5.58. The van der Waals surface area contributed by atoms with Gasteiger partial charge in [0.05, 0.1) is 12.0 Å². The zero-order chi connectivity index (χ0) is 16.8. The maximum absolute atomic E-state index is 13.5. The fourth-order valence-electron chi connectivity index (χ4n) is 1.80. The Labute approximate surface area is 136 Å². The first-order valence-electron chi connectivity index (χ1n) is 6.72. The van der Waals surface area contributed by atoms with Crippen LogP contribution >= 0.6 is 11.3 Å². The van der Waals surface area contributed by atoms with Crippen LogP contribution in [0.4, 0.5) is 9.39 Å². The van der Waals surface area contributed by atoms with Crippen LogP contribution in [0.15, 0.2) is 35.7 Å². The average molecular weight is 332 g/mol. The minimum absolute atomic E-state index is 0.204. The normalized spacial score (nSPS) is 11.3. The SMILES string of the molecule is C[C@H](OC(=O)Cc1ccccc1F)C(=O)Nc1sccc1C#N. The Bertz CT molecular complexity index is 767. The highest BCUT2D eigenvalue weighted by molar-refractivity contribution is 7.14. The number of halogens is 1. The third-order valence-corrected chi connectivity index (χ3v) is 3.82. The number of hydrogen-bond acceptors (Lipinski definition) is 5. The fourth-order valence-corrected chi connectivity index (χ4v) is 2.54. The second kappa shape index (κ2) is 7.51. The number of hydrogen-bond donors (Lipinski definition) is 1. The molecule has 0 aliphatic carbocycles. The van der Waals surface area contributed by atoms with Gasteiger partial charge in [0.2, 0.25) is 0 Å². The van der Waals surface area contributed by atoms with Crippen molar-refractivity contribution in [1.29, 1.82) is 5.26 Å². The Kier molecular flexibility index (Phi) is 5.44. The largest absolute Gasteiger partial charge is 0.452 e. The fraction of sp³-hybridized carbons (Fsp3) is 0.188. The van der Waals surface area contributed by atoms with Crippen LogP contribution in [0.25, 0.3) is 0 Å². The highest BCUT2D eigenvalue weighted by Gasteiger charge is 2.20. The van der Waals surface area contributed by atoms with Crippen molar-refractivity contribution in [1.82, 2.24) is 0 Å². The Balaban J connectivity index is 1.92. The molecular formula is C16H13FN2O3S. The van der Waals surface area contributed by atoms with Crippen LogP contribution in [0.5, 0.6) is 0 Å². The van der Waals surface area contributed by atoms with Gasteiger partial charge in [0.15, 0.2) is 6.10 Å². The van der Waals surface area contributed by atoms with E-state index in [4.69, 9.17) is 10.00 Å². The van der Waals surface area contributed by atoms with Gasteiger partial charge >= 0.3 is 5.97 Å². The first kappa shape index (κ1) is 16.6. The molecular weight excluding hydrogens is 319 g/mol. The molecule has 1 amide bonds. The number of anilines is 1. The van der Waals surface area contributed by atoms with Crippen molar-refractivity contribution in [3.05, 3.63) is 52.7 Å². The standard InChI is InChI=1S/C16H13FN2O3S/c1-10(15(21)19-16-12(9-18)6-7-23-16)22-14(20)8-11-4-2-3-5-13(11)17/h2-7,10H,8H2,1H3,(H,19,21)/t10-/m0/s1. The maximum atomic E-state index is 13.5. The van der Waals surface area contributed by atoms with E-state index in [0.717, 1.165) is 0 Å². The number of benzene rings is 1. The molecule has 0 fully saturated rings. The summed E-state index contributed by atoms with van der Waals surface area (Å²) < 4.78 is 18.5. The van der Waals surface area contributed by atoms with Gasteiger partial charge in [0.25, 0.3) is 5.91 Å². The molecule has 5 nitrogen and oxygen atoms in total. The van der Waals surface area contributed by atoms with E-state index in [1.54, 1.807) is 17.5 Å². The summed E-state index contributed by atoms with van der Waals surface area (Å²) in [5, 5.41) is 13.5. The first-order chi connectivity index (χ1) is 11.0. The number of amides is 1. The Morgan fingerprint density at radius 3 is 2.83 bits per heavy atom. The number of thiophene rings is 1. The molecule has 1 aromatic heterocycles. The number of nitrogens with zero attached hydrogens (tertiary/aromatic N) is 1. The lowest BCUT2D eigenvalue weighted by molar-refractivity contribution is -0.152. The lowest BCUT2D eigenvalue weighted by atomic mass is 10.1. The summed E-state index contributed by atoms with van der Waals surface area (Å²) in [5.41, 5.74) is 0.545. The van der Waals surface area contributed by atoms with E-state index in [9.17, 15) is 14.0 Å². The van der Waals surface area contributed by atoms with Gasteiger partial charge in [-0.1, -0.05) is 18.2 Å². The Morgan fingerprint density at radius 1 is 1.39 bits per heavy atom. The van der Waals surface area contributed by atoms with Crippen LogP contribution in [0.3, 0.4) is 0 Å². The number of carbonyl (C=O) groups excluding carboxylic acids is 2. The van der Waals surface area contributed by atoms with Crippen molar-refractivity contribution in [2.75, 3.05) is 5.32 Å². The third-order valence-electron chi connectivity index (χ3n) is 2.99. The van der Waals surface area contributed by atoms with Gasteiger partial charge in [0, 0.05) is 0 Å². The van der Waals surface area contributed by atoms with E-state index in [1.165, 1.54) is 36.5 Å². The molecule has 0 bridgehead atoms. The molecule has 23 heavy (non-hydrogen) atoms. The van der Waals surface area contributed by atoms with Gasteiger partial charge in [-0.05, 0) is 30.0 Å². The predicted molar refractivity (Wildman–Crippen MR) is 83.3 cm³/mol. The molecule has 0 saturated carbocycles. The van der Waals surface area contributed by atoms with Gasteiger partial charge in [-0.25, -0.2) is 4.39 Å². The molecule has 0 unspecified atom stereocenters. The molecule has 2 rings (SSSR count). The van der Waals surface area contributed by atoms with E-state index in [-0.39, 0.29) is 12.0 Å². The summed E-state index contributed by atoms with van der Waals surface area (Å²) in [6.45, 7) is 1.41. The predicted octanol–water partition coefficient (Wildman–Crippen LogP) is 2.87. The smallest absolute Gasteiger partial charge is 0.311 e. The highest BCUT2D eigenvalue weighted by Crippen LogP contribution is 2.22. The summed E-state index contributed by atoms with van der Waals surface area (Å²) in [7, 11) is 0. The Morgan fingerprint density at radius 2 is 2.13 bits per heavy atom. The van der Waals surface area contributed by atoms with E-state index < -0.39 is 23.8 Å². The molecule has 1 N–H and O–H groups in total. The van der Waals surface area contributed by atoms with Crippen molar-refractivity contribution in [3.63, 3.8) is 0 Å². The topological polar surface area (TPSA) is 79.2 Å². The highest BCUT2D eigenvalue weighted by atomic mass is 32.1. The van der Waals surface area contributed by atoms with Crippen LogP contribution in [-0.4, -0.2) is 18.0 Å². The first-order valence-corrected chi connectivity index (χ1v) is 7.60. The monoisotopic (exact) mass is 332 g/mol. The maximum Gasteiger partial charge on any atom is 0.311 e. The number of rotatable bonds is 5. The summed E-state index contributed by atoms with van der Waals surface area (Å²) in [6.07, 6.45) is -1.31. The molecule has 0 spiro atoms. The molecule has 0 radical (unpaired) electrons. The lowest BCUT2D eigenvalue weighted by Crippen LogP contribution is -2.30. The minimum Gasteiger partial charge on any atom is -0.452 e. The zero-order valence-electron chi connectivity index (χ0n) is 12.2. The van der Waals surface area contributed by atoms with E-state index >= 15 is 0 Å². The van der Waals surface area contributed by atoms with Crippen molar-refractivity contribution in [2.45, 2.75) is 19.4 Å². The third kappa shape index (κ3) is 4.37. The molecule has 1 aromatic carbocycles. The van der Waals surface area contributed by atoms with E-state index in [1.807, 2.05) is 6.07 Å². The van der Waals surface area contributed by atoms with Gasteiger partial charge < -0.3 is 10.1 Å². The quantitative estimate of drug-likeness (QED) is 0.854. The molecule has 0 aliphatic heterocycles. The molecule has 1 atom stereocenters. The number of nitriles is 1. The van der Waals surface area contributed by atoms with E-state index in [0.29, 0.717) is 10.6 Å². The van der Waals surface area contributed by atoms with Crippen LogP contribution in [0.1, 0.15) is 18.1 Å². The van der Waals surface area contributed by atoms with Crippen LogP contribution < -0.4 is 5.32 Å². The summed E-state index contributed by atoms with van der Waals surface area (Å²) in [5.74, 6) is -1.76. The van der Waals surface area contributed by atoms with Gasteiger partial charge in [0.1, 0.15) is 16.9 Å². The van der Waals surface area contributed by atoms with Gasteiger partial charge in [-0.2, -0.15) is 5.26 Å². The van der Waals surface area contributed by atoms with Crippen molar-refractivity contribution in [3.8, 4) is 6.07 Å². The number of carbonyl (C=O) groups is 2. The minimum atomic E-state index is -1.05.